The minimum absolute atomic E-state index is 0.295. The Morgan fingerprint density at radius 2 is 2.29 bits per heavy atom. The van der Waals surface area contributed by atoms with Crippen LogP contribution in [0.3, 0.4) is 0 Å². The second-order valence-corrected chi connectivity index (χ2v) is 3.74. The second kappa shape index (κ2) is 7.01. The molecule has 0 amide bonds. The van der Waals surface area contributed by atoms with E-state index in [4.69, 9.17) is 0 Å². The number of halogens is 1. The summed E-state index contributed by atoms with van der Waals surface area (Å²) in [6.07, 6.45) is 3.09. The van der Waals surface area contributed by atoms with E-state index in [0.29, 0.717) is 13.1 Å². The topological polar surface area (TPSA) is 28.2 Å². The molecule has 0 spiro atoms. The number of nitrogens with one attached hydrogen (secondary N) is 1. The Hall–Kier alpha value is -1.42. The van der Waals surface area contributed by atoms with Crippen molar-refractivity contribution in [2.24, 2.45) is 0 Å². The van der Waals surface area contributed by atoms with E-state index < -0.39 is 0 Å². The predicted octanol–water partition coefficient (Wildman–Crippen LogP) is 2.34. The lowest BCUT2D eigenvalue weighted by molar-refractivity contribution is 0.613. The zero-order valence-corrected chi connectivity index (χ0v) is 10.5. The second-order valence-electron chi connectivity index (χ2n) is 3.74. The van der Waals surface area contributed by atoms with Crippen LogP contribution in [-0.2, 0) is 6.54 Å². The molecule has 0 saturated carbocycles. The lowest BCUT2D eigenvalue weighted by Gasteiger charge is -2.23. The molecule has 1 rings (SSSR count). The van der Waals surface area contributed by atoms with Crippen LogP contribution in [-0.4, -0.2) is 24.6 Å². The molecule has 1 N–H and O–H groups in total. The van der Waals surface area contributed by atoms with E-state index in [0.717, 1.165) is 24.5 Å². The fourth-order valence-electron chi connectivity index (χ4n) is 1.67. The highest BCUT2D eigenvalue weighted by atomic mass is 19.1. The van der Waals surface area contributed by atoms with Crippen molar-refractivity contribution < 1.29 is 4.39 Å². The molecule has 1 aromatic heterocycles. The first kappa shape index (κ1) is 13.6. The number of nitrogens with zero attached hydrogens (tertiary/aromatic N) is 2. The molecule has 0 aromatic carbocycles. The first-order valence-electron chi connectivity index (χ1n) is 5.93. The van der Waals surface area contributed by atoms with Gasteiger partial charge in [0.15, 0.2) is 0 Å². The minimum Gasteiger partial charge on any atom is -0.353 e. The number of aromatic nitrogens is 1. The van der Waals surface area contributed by atoms with Gasteiger partial charge in [0, 0.05) is 25.2 Å². The maximum Gasteiger partial charge on any atom is 0.141 e. The van der Waals surface area contributed by atoms with E-state index in [1.807, 2.05) is 19.9 Å². The summed E-state index contributed by atoms with van der Waals surface area (Å²) in [5, 5.41) is 3.19. The van der Waals surface area contributed by atoms with Gasteiger partial charge in [0.1, 0.15) is 11.6 Å². The standard InChI is InChI=1S/C13H20FN3/c1-4-7-17(6-3)13-11(9-15-5-2)8-12(14)10-16-13/h4,8,10,15H,1,5-7,9H2,2-3H3. The summed E-state index contributed by atoms with van der Waals surface area (Å²) in [4.78, 5) is 6.25. The molecular formula is C13H20FN3. The number of hydrogen-bond donors (Lipinski definition) is 1. The monoisotopic (exact) mass is 237 g/mol. The normalized spacial score (nSPS) is 10.3. The summed E-state index contributed by atoms with van der Waals surface area (Å²) in [6, 6.07) is 1.54. The molecule has 0 saturated heterocycles. The van der Waals surface area contributed by atoms with Crippen molar-refractivity contribution in [3.63, 3.8) is 0 Å². The van der Waals surface area contributed by atoms with Gasteiger partial charge in [-0.1, -0.05) is 13.0 Å². The summed E-state index contributed by atoms with van der Waals surface area (Å²) in [5.74, 6) is 0.533. The van der Waals surface area contributed by atoms with Crippen molar-refractivity contribution in [1.29, 1.82) is 0 Å². The number of pyridine rings is 1. The molecule has 0 unspecified atom stereocenters. The van der Waals surface area contributed by atoms with E-state index >= 15 is 0 Å². The van der Waals surface area contributed by atoms with Crippen molar-refractivity contribution in [1.82, 2.24) is 10.3 Å². The van der Waals surface area contributed by atoms with Crippen LogP contribution in [0.25, 0.3) is 0 Å². The van der Waals surface area contributed by atoms with Crippen molar-refractivity contribution >= 4 is 5.82 Å². The van der Waals surface area contributed by atoms with E-state index in [2.05, 4.69) is 21.8 Å². The molecule has 0 bridgehead atoms. The fraction of sp³-hybridized carbons (Fsp3) is 0.462. The molecule has 0 radical (unpaired) electrons. The Morgan fingerprint density at radius 1 is 1.53 bits per heavy atom. The zero-order chi connectivity index (χ0) is 12.7. The van der Waals surface area contributed by atoms with Crippen molar-refractivity contribution in [3.05, 3.63) is 36.3 Å². The highest BCUT2D eigenvalue weighted by molar-refractivity contribution is 5.47. The van der Waals surface area contributed by atoms with Gasteiger partial charge in [-0.3, -0.25) is 0 Å². The maximum absolute atomic E-state index is 13.2. The largest absolute Gasteiger partial charge is 0.353 e. The van der Waals surface area contributed by atoms with Gasteiger partial charge in [0.2, 0.25) is 0 Å². The van der Waals surface area contributed by atoms with Crippen LogP contribution in [0.2, 0.25) is 0 Å². The van der Waals surface area contributed by atoms with E-state index in [1.165, 1.54) is 12.3 Å². The molecular weight excluding hydrogens is 217 g/mol. The molecule has 0 aliphatic carbocycles. The molecule has 0 aliphatic rings. The maximum atomic E-state index is 13.2. The average molecular weight is 237 g/mol. The first-order valence-corrected chi connectivity index (χ1v) is 5.93. The third-order valence-electron chi connectivity index (χ3n) is 2.51. The number of rotatable bonds is 7. The molecule has 0 atom stereocenters. The summed E-state index contributed by atoms with van der Waals surface area (Å²) >= 11 is 0. The Kier molecular flexibility index (Phi) is 5.63. The van der Waals surface area contributed by atoms with Crippen LogP contribution >= 0.6 is 0 Å². The van der Waals surface area contributed by atoms with Crippen LogP contribution in [0.1, 0.15) is 19.4 Å². The molecule has 1 heterocycles. The molecule has 17 heavy (non-hydrogen) atoms. The van der Waals surface area contributed by atoms with Crippen LogP contribution in [0.4, 0.5) is 10.2 Å². The molecule has 1 aromatic rings. The third-order valence-corrected chi connectivity index (χ3v) is 2.51. The van der Waals surface area contributed by atoms with Gasteiger partial charge in [-0.15, -0.1) is 6.58 Å². The SMILES string of the molecule is C=CCN(CC)c1ncc(F)cc1CNCC. The Labute approximate surface area is 102 Å². The average Bonchev–Trinajstić information content (AvgIpc) is 2.34. The van der Waals surface area contributed by atoms with E-state index in [9.17, 15) is 4.39 Å². The van der Waals surface area contributed by atoms with Crippen LogP contribution < -0.4 is 10.2 Å². The number of anilines is 1. The highest BCUT2D eigenvalue weighted by Crippen LogP contribution is 2.18. The van der Waals surface area contributed by atoms with Crippen LogP contribution in [0, 0.1) is 5.82 Å². The van der Waals surface area contributed by atoms with Gasteiger partial charge in [0.05, 0.1) is 6.20 Å². The van der Waals surface area contributed by atoms with Gasteiger partial charge in [-0.05, 0) is 19.5 Å². The van der Waals surface area contributed by atoms with Gasteiger partial charge in [-0.25, -0.2) is 9.37 Å². The smallest absolute Gasteiger partial charge is 0.141 e. The first-order chi connectivity index (χ1) is 8.22. The van der Waals surface area contributed by atoms with Crippen molar-refractivity contribution in [3.8, 4) is 0 Å². The Bertz CT molecular complexity index is 366. The van der Waals surface area contributed by atoms with E-state index in [1.54, 1.807) is 0 Å². The summed E-state index contributed by atoms with van der Waals surface area (Å²) in [5.41, 5.74) is 0.885. The van der Waals surface area contributed by atoms with Crippen LogP contribution in [0.15, 0.2) is 24.9 Å². The molecule has 3 nitrogen and oxygen atoms in total. The summed E-state index contributed by atoms with van der Waals surface area (Å²) in [7, 11) is 0. The zero-order valence-electron chi connectivity index (χ0n) is 10.5. The van der Waals surface area contributed by atoms with Crippen LogP contribution in [0.5, 0.6) is 0 Å². The van der Waals surface area contributed by atoms with Gasteiger partial charge in [0.25, 0.3) is 0 Å². The molecule has 0 aliphatic heterocycles. The van der Waals surface area contributed by atoms with E-state index in [-0.39, 0.29) is 5.82 Å². The van der Waals surface area contributed by atoms with Gasteiger partial charge in [-0.2, -0.15) is 0 Å². The summed E-state index contributed by atoms with van der Waals surface area (Å²) in [6.45, 7) is 10.8. The number of likely N-dealkylation sites (N-methyl/N-ethyl adjacent to an activating group) is 1. The highest BCUT2D eigenvalue weighted by Gasteiger charge is 2.11. The molecule has 4 heteroatoms. The van der Waals surface area contributed by atoms with Crippen molar-refractivity contribution in [2.75, 3.05) is 24.5 Å². The lowest BCUT2D eigenvalue weighted by atomic mass is 10.2. The predicted molar refractivity (Wildman–Crippen MR) is 69.7 cm³/mol. The quantitative estimate of drug-likeness (QED) is 0.738. The molecule has 94 valence electrons. The third kappa shape index (κ3) is 3.82. The summed E-state index contributed by atoms with van der Waals surface area (Å²) < 4.78 is 13.2. The molecule has 0 fully saturated rings. The Morgan fingerprint density at radius 3 is 2.88 bits per heavy atom. The van der Waals surface area contributed by atoms with Gasteiger partial charge < -0.3 is 10.2 Å². The lowest BCUT2D eigenvalue weighted by Crippen LogP contribution is -2.26. The Balaban J connectivity index is 2.98. The number of hydrogen-bond acceptors (Lipinski definition) is 3. The van der Waals surface area contributed by atoms with Gasteiger partial charge >= 0.3 is 0 Å². The van der Waals surface area contributed by atoms with Crippen molar-refractivity contribution in [2.45, 2.75) is 20.4 Å². The fourth-order valence-corrected chi connectivity index (χ4v) is 1.67. The minimum atomic E-state index is -0.295.